The molecule has 7 N–H and O–H groups in total. The number of halogens is 1. The topological polar surface area (TPSA) is 149 Å². The van der Waals surface area contributed by atoms with E-state index in [1.807, 2.05) is 65.6 Å². The Morgan fingerprint density at radius 3 is 2.53 bits per heavy atom. The molecule has 2 unspecified atom stereocenters. The average molecular weight is 554 g/mol. The summed E-state index contributed by atoms with van der Waals surface area (Å²) in [7, 11) is 0. The van der Waals surface area contributed by atoms with Gasteiger partial charge in [0.15, 0.2) is 6.10 Å². The first-order valence-electron chi connectivity index (χ1n) is 11.7. The van der Waals surface area contributed by atoms with Crippen LogP contribution < -0.4 is 22.3 Å². The summed E-state index contributed by atoms with van der Waals surface area (Å²) in [5.74, 6) is -0.684. The number of nitrogens with two attached hydrogens (primary N) is 1. The number of carbonyl (C=O) groups excluding carboxylic acids is 1. The molecule has 11 heteroatoms. The molecule has 0 saturated carbocycles. The third-order valence-corrected chi connectivity index (χ3v) is 7.81. The molecule has 198 valence electrons. The lowest BCUT2D eigenvalue weighted by Gasteiger charge is -2.33. The molecule has 0 bridgehead atoms. The van der Waals surface area contributed by atoms with Crippen molar-refractivity contribution in [3.63, 3.8) is 0 Å². The molecule has 9 nitrogen and oxygen atoms in total. The van der Waals surface area contributed by atoms with Crippen LogP contribution in [0.1, 0.15) is 17.2 Å². The van der Waals surface area contributed by atoms with Crippen molar-refractivity contribution >= 4 is 35.0 Å². The number of carbonyl (C=O) groups is 1. The molecular formula is C27H28ClN5O4S. The predicted molar refractivity (Wildman–Crippen MR) is 149 cm³/mol. The van der Waals surface area contributed by atoms with Crippen LogP contribution in [0.4, 0.5) is 5.69 Å². The van der Waals surface area contributed by atoms with Crippen LogP contribution in [0, 0.1) is 0 Å². The van der Waals surface area contributed by atoms with E-state index < -0.39 is 23.6 Å². The van der Waals surface area contributed by atoms with Crippen molar-refractivity contribution in [2.75, 3.05) is 24.6 Å². The minimum atomic E-state index is -0.684. The Hall–Kier alpha value is -3.70. The standard InChI is InChI=1S/C27H25ClN4O4S.H3N/c28-20-11-4-5-12-22(20)37-24-26(34)30-32(27(24)35)23(17-7-2-1-3-8-17)18-9-6-10-19(15-18)31-13-14-36-21(16-31)25(29)33;/h1-12,15,21,23,35H,13-14,16H2,(H2,29,33)(H,30,34);1H3. The number of amides is 1. The van der Waals surface area contributed by atoms with Gasteiger partial charge in [0.05, 0.1) is 18.2 Å². The first kappa shape index (κ1) is 27.3. The molecule has 1 saturated heterocycles. The molecule has 1 amide bonds. The molecule has 1 aliphatic rings. The van der Waals surface area contributed by atoms with Crippen LogP contribution in [0.25, 0.3) is 0 Å². The zero-order valence-electron chi connectivity index (χ0n) is 20.4. The van der Waals surface area contributed by atoms with Crippen LogP contribution in [0.2, 0.25) is 5.02 Å². The first-order chi connectivity index (χ1) is 17.9. The number of rotatable bonds is 7. The summed E-state index contributed by atoms with van der Waals surface area (Å²) in [6.45, 7) is 1.33. The van der Waals surface area contributed by atoms with Gasteiger partial charge < -0.3 is 26.6 Å². The quantitative estimate of drug-likeness (QED) is 0.268. The first-order valence-corrected chi connectivity index (χ1v) is 12.9. The number of aromatic hydroxyl groups is 1. The second-order valence-electron chi connectivity index (χ2n) is 8.61. The number of nitrogens with one attached hydrogen (secondary N) is 1. The Labute approximate surface area is 228 Å². The van der Waals surface area contributed by atoms with Crippen molar-refractivity contribution < 1.29 is 14.6 Å². The molecule has 2 atom stereocenters. The average Bonchev–Trinajstić information content (AvgIpc) is 3.19. The molecule has 1 fully saturated rings. The highest BCUT2D eigenvalue weighted by molar-refractivity contribution is 7.99. The Morgan fingerprint density at radius 1 is 1.08 bits per heavy atom. The summed E-state index contributed by atoms with van der Waals surface area (Å²) in [4.78, 5) is 27.5. The smallest absolute Gasteiger partial charge is 0.282 e. The van der Waals surface area contributed by atoms with Gasteiger partial charge in [-0.2, -0.15) is 0 Å². The number of anilines is 1. The number of benzene rings is 3. The van der Waals surface area contributed by atoms with Gasteiger partial charge in [0.25, 0.3) is 5.56 Å². The molecule has 0 aliphatic carbocycles. The molecule has 2 heterocycles. The van der Waals surface area contributed by atoms with E-state index in [1.54, 1.807) is 18.2 Å². The van der Waals surface area contributed by atoms with Crippen molar-refractivity contribution in [1.82, 2.24) is 15.9 Å². The monoisotopic (exact) mass is 553 g/mol. The van der Waals surface area contributed by atoms with Gasteiger partial charge in [-0.3, -0.25) is 14.7 Å². The summed E-state index contributed by atoms with van der Waals surface area (Å²) >= 11 is 7.41. The lowest BCUT2D eigenvalue weighted by molar-refractivity contribution is -0.130. The van der Waals surface area contributed by atoms with Gasteiger partial charge in [-0.05, 0) is 35.4 Å². The number of hydrogen-bond acceptors (Lipinski definition) is 7. The van der Waals surface area contributed by atoms with E-state index in [4.69, 9.17) is 22.1 Å². The van der Waals surface area contributed by atoms with Gasteiger partial charge in [-0.1, -0.05) is 78.0 Å². The van der Waals surface area contributed by atoms with Crippen molar-refractivity contribution in [2.45, 2.75) is 21.9 Å². The second kappa shape index (κ2) is 11.8. The largest absolute Gasteiger partial charge is 0.493 e. The van der Waals surface area contributed by atoms with Gasteiger partial charge in [0, 0.05) is 17.1 Å². The zero-order chi connectivity index (χ0) is 25.9. The highest BCUT2D eigenvalue weighted by Crippen LogP contribution is 2.39. The highest BCUT2D eigenvalue weighted by atomic mass is 35.5. The molecule has 1 aromatic heterocycles. The Kier molecular flexibility index (Phi) is 8.48. The van der Waals surface area contributed by atoms with Crippen molar-refractivity contribution in [2.24, 2.45) is 5.73 Å². The molecule has 1 aliphatic heterocycles. The molecule has 0 radical (unpaired) electrons. The van der Waals surface area contributed by atoms with Gasteiger partial charge in [-0.15, -0.1) is 0 Å². The fourth-order valence-corrected chi connectivity index (χ4v) is 5.53. The second-order valence-corrected chi connectivity index (χ2v) is 10.1. The van der Waals surface area contributed by atoms with Crippen LogP contribution in [0.3, 0.4) is 0 Å². The fraction of sp³-hybridized carbons (Fsp3) is 0.185. The van der Waals surface area contributed by atoms with E-state index >= 15 is 0 Å². The molecule has 0 spiro atoms. The molecule has 5 rings (SSSR count). The Balaban J connectivity index is 0.00000336. The minimum Gasteiger partial charge on any atom is -0.493 e. The molecular weight excluding hydrogens is 526 g/mol. The van der Waals surface area contributed by atoms with Gasteiger partial charge >= 0.3 is 0 Å². The SMILES string of the molecule is N.NC(=O)C1CN(c2cccc(C(c3ccccc3)n3[nH]c(=O)c(Sc4ccccc4Cl)c3O)c2)CCO1. The van der Waals surface area contributed by atoms with Crippen molar-refractivity contribution in [3.8, 4) is 5.88 Å². The summed E-state index contributed by atoms with van der Waals surface area (Å²) in [6, 6.07) is 24.0. The van der Waals surface area contributed by atoms with Gasteiger partial charge in [0.2, 0.25) is 11.8 Å². The Morgan fingerprint density at radius 2 is 1.79 bits per heavy atom. The van der Waals surface area contributed by atoms with E-state index in [0.717, 1.165) is 28.6 Å². The zero-order valence-corrected chi connectivity index (χ0v) is 22.0. The number of H-pyrrole nitrogens is 1. The van der Waals surface area contributed by atoms with E-state index in [-0.39, 0.29) is 16.9 Å². The Bertz CT molecular complexity index is 1480. The predicted octanol–water partition coefficient (Wildman–Crippen LogP) is 4.18. The summed E-state index contributed by atoms with van der Waals surface area (Å²) in [6.07, 6.45) is -0.684. The van der Waals surface area contributed by atoms with E-state index in [2.05, 4.69) is 5.10 Å². The third kappa shape index (κ3) is 5.58. The van der Waals surface area contributed by atoms with Crippen LogP contribution in [-0.4, -0.2) is 46.6 Å². The molecule has 4 aromatic rings. The van der Waals surface area contributed by atoms with E-state index in [0.29, 0.717) is 29.6 Å². The van der Waals surface area contributed by atoms with Crippen LogP contribution in [-0.2, 0) is 9.53 Å². The molecule has 3 aromatic carbocycles. The maximum absolute atomic E-state index is 13.0. The maximum atomic E-state index is 13.0. The van der Waals surface area contributed by atoms with Gasteiger partial charge in [0.1, 0.15) is 10.9 Å². The van der Waals surface area contributed by atoms with Crippen LogP contribution in [0.5, 0.6) is 5.88 Å². The van der Waals surface area contributed by atoms with Crippen LogP contribution in [0.15, 0.2) is 93.4 Å². The number of primary amides is 1. The number of ether oxygens (including phenoxy) is 1. The van der Waals surface area contributed by atoms with Crippen LogP contribution >= 0.6 is 23.4 Å². The number of aromatic amines is 1. The normalized spacial score (nSPS) is 16.0. The third-order valence-electron chi connectivity index (χ3n) is 6.22. The summed E-state index contributed by atoms with van der Waals surface area (Å²) in [5, 5.41) is 14.6. The van der Waals surface area contributed by atoms with Gasteiger partial charge in [-0.25, -0.2) is 4.68 Å². The number of hydrogen-bond donors (Lipinski definition) is 4. The minimum absolute atomic E-state index is 0. The number of morpholine rings is 1. The number of aromatic nitrogens is 2. The molecule has 38 heavy (non-hydrogen) atoms. The van der Waals surface area contributed by atoms with Crippen molar-refractivity contribution in [1.29, 1.82) is 0 Å². The highest BCUT2D eigenvalue weighted by Gasteiger charge is 2.28. The fourth-order valence-electron chi connectivity index (χ4n) is 4.41. The maximum Gasteiger partial charge on any atom is 0.282 e. The summed E-state index contributed by atoms with van der Waals surface area (Å²) in [5.41, 5.74) is 7.64. The summed E-state index contributed by atoms with van der Waals surface area (Å²) < 4.78 is 6.97. The van der Waals surface area contributed by atoms with Crippen molar-refractivity contribution in [3.05, 3.63) is 105 Å². The van der Waals surface area contributed by atoms with E-state index in [1.165, 1.54) is 4.68 Å². The lowest BCUT2D eigenvalue weighted by Crippen LogP contribution is -2.48. The van der Waals surface area contributed by atoms with E-state index in [9.17, 15) is 14.7 Å². The number of nitrogens with zero attached hydrogens (tertiary/aromatic N) is 2. The lowest BCUT2D eigenvalue weighted by atomic mass is 9.98.